The van der Waals surface area contributed by atoms with Crippen LogP contribution in [0.1, 0.15) is 26.7 Å². The molecule has 1 fully saturated rings. The highest BCUT2D eigenvalue weighted by Crippen LogP contribution is 2.27. The molecule has 3 rings (SSSR count). The van der Waals surface area contributed by atoms with Crippen molar-refractivity contribution >= 4 is 20.9 Å². The third-order valence-corrected chi connectivity index (χ3v) is 6.47. The van der Waals surface area contributed by atoms with Gasteiger partial charge in [0.25, 0.3) is 0 Å². The molecule has 0 spiro atoms. The van der Waals surface area contributed by atoms with Crippen molar-refractivity contribution in [2.45, 2.75) is 32.8 Å². The van der Waals surface area contributed by atoms with E-state index in [1.165, 1.54) is 0 Å². The summed E-state index contributed by atoms with van der Waals surface area (Å²) in [6.07, 6.45) is 3.21. The maximum Gasteiger partial charge on any atom is 0.214 e. The van der Waals surface area contributed by atoms with Crippen molar-refractivity contribution in [3.8, 4) is 5.75 Å². The second-order valence-electron chi connectivity index (χ2n) is 6.72. The van der Waals surface area contributed by atoms with E-state index in [2.05, 4.69) is 4.98 Å². The zero-order valence-corrected chi connectivity index (χ0v) is 15.0. The van der Waals surface area contributed by atoms with Crippen molar-refractivity contribution in [3.63, 3.8) is 0 Å². The monoisotopic (exact) mass is 348 g/mol. The molecule has 2 heterocycles. The predicted octanol–water partition coefficient (Wildman–Crippen LogP) is 3.06. The summed E-state index contributed by atoms with van der Waals surface area (Å²) < 4.78 is 32.4. The summed E-state index contributed by atoms with van der Waals surface area (Å²) in [6, 6.07) is 9.82. The molecule has 1 aromatic carbocycles. The van der Waals surface area contributed by atoms with E-state index < -0.39 is 10.0 Å². The Balaban J connectivity index is 1.65. The molecule has 0 amide bonds. The van der Waals surface area contributed by atoms with Crippen molar-refractivity contribution in [3.05, 3.63) is 36.5 Å². The van der Waals surface area contributed by atoms with E-state index in [1.807, 2.05) is 44.2 Å². The molecule has 0 atom stereocenters. The molecule has 6 heteroatoms. The molecular formula is C18H24N2O3S. The molecule has 130 valence electrons. The van der Waals surface area contributed by atoms with E-state index in [0.29, 0.717) is 25.9 Å². The lowest BCUT2D eigenvalue weighted by Gasteiger charge is -2.32. The summed E-state index contributed by atoms with van der Waals surface area (Å²) in [6.45, 7) is 4.91. The van der Waals surface area contributed by atoms with Crippen LogP contribution in [0, 0.1) is 5.92 Å². The van der Waals surface area contributed by atoms with Crippen LogP contribution < -0.4 is 4.74 Å². The first kappa shape index (κ1) is 17.2. The first-order valence-electron chi connectivity index (χ1n) is 8.44. The van der Waals surface area contributed by atoms with Gasteiger partial charge in [-0.25, -0.2) is 12.7 Å². The maximum absolute atomic E-state index is 12.3. The minimum atomic E-state index is -3.15. The molecule has 0 saturated carbocycles. The minimum Gasteiger partial charge on any atom is -0.488 e. The number of rotatable bonds is 5. The zero-order valence-electron chi connectivity index (χ0n) is 14.2. The van der Waals surface area contributed by atoms with Gasteiger partial charge in [0.1, 0.15) is 17.4 Å². The molecule has 0 unspecified atom stereocenters. The lowest BCUT2D eigenvalue weighted by molar-refractivity contribution is 0.136. The number of fused-ring (bicyclic) bond motifs is 1. The van der Waals surface area contributed by atoms with E-state index in [0.717, 1.165) is 16.7 Å². The fourth-order valence-electron chi connectivity index (χ4n) is 3.11. The van der Waals surface area contributed by atoms with Crippen LogP contribution in [0.2, 0.25) is 0 Å². The third kappa shape index (κ3) is 3.87. The molecular weight excluding hydrogens is 324 g/mol. The third-order valence-electron chi connectivity index (χ3n) is 4.23. The largest absolute Gasteiger partial charge is 0.488 e. The highest BCUT2D eigenvalue weighted by molar-refractivity contribution is 7.89. The van der Waals surface area contributed by atoms with Crippen LogP contribution in [0.15, 0.2) is 36.5 Å². The van der Waals surface area contributed by atoms with Crippen LogP contribution in [-0.4, -0.2) is 42.7 Å². The molecule has 24 heavy (non-hydrogen) atoms. The Kier molecular flexibility index (Phi) is 5.06. The zero-order chi connectivity index (χ0) is 17.2. The van der Waals surface area contributed by atoms with Gasteiger partial charge in [-0.05, 0) is 30.9 Å². The average molecular weight is 348 g/mol. The van der Waals surface area contributed by atoms with Gasteiger partial charge < -0.3 is 4.74 Å². The van der Waals surface area contributed by atoms with Crippen LogP contribution in [0.25, 0.3) is 10.9 Å². The van der Waals surface area contributed by atoms with Crippen molar-refractivity contribution in [2.24, 2.45) is 5.92 Å². The first-order valence-corrected chi connectivity index (χ1v) is 10.0. The first-order chi connectivity index (χ1) is 11.5. The molecule has 1 saturated heterocycles. The van der Waals surface area contributed by atoms with Crippen molar-refractivity contribution in [1.29, 1.82) is 0 Å². The number of sulfonamides is 1. The number of para-hydroxylation sites is 1. The summed E-state index contributed by atoms with van der Waals surface area (Å²) in [7, 11) is -3.15. The predicted molar refractivity (Wildman–Crippen MR) is 95.6 cm³/mol. The number of hydrogen-bond donors (Lipinski definition) is 0. The van der Waals surface area contributed by atoms with Gasteiger partial charge >= 0.3 is 0 Å². The maximum atomic E-state index is 12.3. The fourth-order valence-corrected chi connectivity index (χ4v) is 4.93. The van der Waals surface area contributed by atoms with Gasteiger partial charge in [-0.15, -0.1) is 0 Å². The van der Waals surface area contributed by atoms with Gasteiger partial charge in [-0.1, -0.05) is 32.0 Å². The number of pyridine rings is 1. The fraction of sp³-hybridized carbons (Fsp3) is 0.500. The summed E-state index contributed by atoms with van der Waals surface area (Å²) in [5.74, 6) is 1.13. The van der Waals surface area contributed by atoms with Gasteiger partial charge in [0.05, 0.1) is 5.75 Å². The van der Waals surface area contributed by atoms with Gasteiger partial charge in [-0.3, -0.25) is 4.98 Å². The smallest absolute Gasteiger partial charge is 0.214 e. The van der Waals surface area contributed by atoms with Crippen LogP contribution in [0.3, 0.4) is 0 Å². The normalized spacial score (nSPS) is 17.5. The van der Waals surface area contributed by atoms with Crippen LogP contribution in [-0.2, 0) is 10.0 Å². The van der Waals surface area contributed by atoms with Gasteiger partial charge in [0.2, 0.25) is 10.0 Å². The number of ether oxygens (including phenoxy) is 1. The minimum absolute atomic E-state index is 0.0307. The number of nitrogens with zero attached hydrogens (tertiary/aromatic N) is 2. The Bertz CT molecular complexity index is 792. The number of hydrogen-bond acceptors (Lipinski definition) is 4. The van der Waals surface area contributed by atoms with Crippen molar-refractivity contribution in [2.75, 3.05) is 18.8 Å². The molecule has 1 aliphatic heterocycles. The number of aromatic nitrogens is 1. The van der Waals surface area contributed by atoms with Crippen molar-refractivity contribution < 1.29 is 13.2 Å². The van der Waals surface area contributed by atoms with Crippen LogP contribution in [0.5, 0.6) is 5.75 Å². The lowest BCUT2D eigenvalue weighted by Crippen LogP contribution is -2.43. The molecule has 0 radical (unpaired) electrons. The number of benzene rings is 1. The number of piperidine rings is 1. The van der Waals surface area contributed by atoms with E-state index in [4.69, 9.17) is 4.74 Å². The van der Waals surface area contributed by atoms with Gasteiger partial charge in [-0.2, -0.15) is 0 Å². The molecule has 0 bridgehead atoms. The molecule has 0 aliphatic carbocycles. The van der Waals surface area contributed by atoms with E-state index in [1.54, 1.807) is 10.5 Å². The summed E-state index contributed by atoms with van der Waals surface area (Å²) >= 11 is 0. The Hall–Kier alpha value is -1.66. The lowest BCUT2D eigenvalue weighted by atomic mass is 10.1. The molecule has 2 aromatic rings. The highest BCUT2D eigenvalue weighted by atomic mass is 32.2. The molecule has 1 aliphatic rings. The van der Waals surface area contributed by atoms with E-state index in [9.17, 15) is 8.42 Å². The Morgan fingerprint density at radius 3 is 2.62 bits per heavy atom. The van der Waals surface area contributed by atoms with E-state index >= 15 is 0 Å². The highest BCUT2D eigenvalue weighted by Gasteiger charge is 2.29. The molecule has 5 nitrogen and oxygen atoms in total. The average Bonchev–Trinajstić information content (AvgIpc) is 2.54. The second kappa shape index (κ2) is 7.07. The van der Waals surface area contributed by atoms with Gasteiger partial charge in [0.15, 0.2) is 0 Å². The SMILES string of the molecule is CC(C)CS(=O)(=O)N1CCC(Oc2cccc3cccnc23)CC1. The molecule has 1 aromatic heterocycles. The van der Waals surface area contributed by atoms with Gasteiger partial charge in [0, 0.05) is 24.7 Å². The quantitative estimate of drug-likeness (QED) is 0.833. The summed E-state index contributed by atoms with van der Waals surface area (Å²) in [5.41, 5.74) is 0.856. The second-order valence-corrected chi connectivity index (χ2v) is 8.73. The molecule has 0 N–H and O–H groups in total. The van der Waals surface area contributed by atoms with E-state index in [-0.39, 0.29) is 17.8 Å². The van der Waals surface area contributed by atoms with Crippen LogP contribution in [0.4, 0.5) is 0 Å². The topological polar surface area (TPSA) is 59.5 Å². The Morgan fingerprint density at radius 1 is 1.21 bits per heavy atom. The van der Waals surface area contributed by atoms with Crippen molar-refractivity contribution in [1.82, 2.24) is 9.29 Å². The Morgan fingerprint density at radius 2 is 1.92 bits per heavy atom. The summed E-state index contributed by atoms with van der Waals surface area (Å²) in [4.78, 5) is 4.40. The van der Waals surface area contributed by atoms with Crippen LogP contribution >= 0.6 is 0 Å². The Labute approximate surface area is 143 Å². The summed E-state index contributed by atoms with van der Waals surface area (Å²) in [5, 5.41) is 1.05. The standard InChI is InChI=1S/C18H24N2O3S/c1-14(2)13-24(21,22)20-11-8-16(9-12-20)23-17-7-3-5-15-6-4-10-19-18(15)17/h3-7,10,14,16H,8-9,11-13H2,1-2H3.